The van der Waals surface area contributed by atoms with Gasteiger partial charge in [-0.25, -0.2) is 4.79 Å². The van der Waals surface area contributed by atoms with Crippen molar-refractivity contribution in [2.45, 2.75) is 52.7 Å². The molecule has 0 unspecified atom stereocenters. The number of benzene rings is 1. The number of ether oxygens (including phenoxy) is 2. The molecule has 24 heavy (non-hydrogen) atoms. The molecule has 0 saturated carbocycles. The summed E-state index contributed by atoms with van der Waals surface area (Å²) in [5, 5.41) is 6.01. The number of anilines is 1. The highest BCUT2D eigenvalue weighted by molar-refractivity contribution is 5.72. The lowest BCUT2D eigenvalue weighted by Gasteiger charge is -2.22. The molecule has 1 atom stereocenters. The van der Waals surface area contributed by atoms with Gasteiger partial charge >= 0.3 is 12.1 Å². The number of carbonyl (C=O) groups is 2. The van der Waals surface area contributed by atoms with Gasteiger partial charge in [0.1, 0.15) is 5.60 Å². The summed E-state index contributed by atoms with van der Waals surface area (Å²) in [7, 11) is 0. The first-order valence-electron chi connectivity index (χ1n) is 8.17. The highest BCUT2D eigenvalue weighted by Gasteiger charge is 2.17. The summed E-state index contributed by atoms with van der Waals surface area (Å²) in [6.07, 6.45) is -0.161. The zero-order chi connectivity index (χ0) is 18.2. The van der Waals surface area contributed by atoms with Crippen LogP contribution in [0, 0.1) is 0 Å². The number of nitrogens with one attached hydrogen (secondary N) is 2. The molecule has 0 heterocycles. The monoisotopic (exact) mass is 336 g/mol. The molecule has 2 N–H and O–H groups in total. The first kappa shape index (κ1) is 19.8. The van der Waals surface area contributed by atoms with E-state index in [0.717, 1.165) is 11.3 Å². The number of alkyl carbamates (subject to hydrolysis) is 1. The van der Waals surface area contributed by atoms with E-state index >= 15 is 0 Å². The summed E-state index contributed by atoms with van der Waals surface area (Å²) in [6.45, 7) is 10.1. The van der Waals surface area contributed by atoms with Crippen molar-refractivity contribution in [1.29, 1.82) is 0 Å². The van der Waals surface area contributed by atoms with Gasteiger partial charge in [-0.3, -0.25) is 4.79 Å². The molecule has 134 valence electrons. The average Bonchev–Trinajstić information content (AvgIpc) is 2.44. The maximum absolute atomic E-state index is 11.7. The molecule has 0 fully saturated rings. The Labute approximate surface area is 143 Å². The zero-order valence-corrected chi connectivity index (χ0v) is 15.1. The first-order chi connectivity index (χ1) is 11.2. The smallest absolute Gasteiger partial charge is 0.407 e. The number of hydrogen-bond acceptors (Lipinski definition) is 5. The van der Waals surface area contributed by atoms with Gasteiger partial charge in [-0.05, 0) is 52.3 Å². The lowest BCUT2D eigenvalue weighted by Crippen LogP contribution is -2.40. The second-order valence-electron chi connectivity index (χ2n) is 6.61. The molecule has 0 aliphatic heterocycles. The number of hydrogen-bond donors (Lipinski definition) is 2. The van der Waals surface area contributed by atoms with Gasteiger partial charge in [-0.1, -0.05) is 12.1 Å². The predicted octanol–water partition coefficient (Wildman–Crippen LogP) is 3.12. The van der Waals surface area contributed by atoms with E-state index < -0.39 is 11.7 Å². The van der Waals surface area contributed by atoms with E-state index in [1.54, 1.807) is 6.92 Å². The lowest BCUT2D eigenvalue weighted by atomic mass is 10.1. The topological polar surface area (TPSA) is 76.7 Å². The number of esters is 1. The number of carbonyl (C=O) groups excluding carboxylic acids is 2. The molecule has 0 aliphatic rings. The van der Waals surface area contributed by atoms with Crippen molar-refractivity contribution in [1.82, 2.24) is 5.32 Å². The van der Waals surface area contributed by atoms with Crippen LogP contribution in [0.2, 0.25) is 0 Å². The molecule has 1 rings (SSSR count). The van der Waals surface area contributed by atoms with E-state index in [0.29, 0.717) is 13.2 Å². The van der Waals surface area contributed by atoms with Gasteiger partial charge in [0.05, 0.1) is 13.0 Å². The van der Waals surface area contributed by atoms with E-state index in [1.807, 2.05) is 52.0 Å². The van der Waals surface area contributed by atoms with E-state index in [1.165, 1.54) is 0 Å². The van der Waals surface area contributed by atoms with Gasteiger partial charge in [-0.2, -0.15) is 0 Å². The number of amides is 1. The second-order valence-corrected chi connectivity index (χ2v) is 6.61. The summed E-state index contributed by atoms with van der Waals surface area (Å²) in [5.74, 6) is -0.228. The predicted molar refractivity (Wildman–Crippen MR) is 94.1 cm³/mol. The largest absolute Gasteiger partial charge is 0.466 e. The van der Waals surface area contributed by atoms with Gasteiger partial charge < -0.3 is 20.1 Å². The maximum atomic E-state index is 11.7. The van der Waals surface area contributed by atoms with Crippen LogP contribution in [0.25, 0.3) is 0 Å². The van der Waals surface area contributed by atoms with Crippen molar-refractivity contribution in [3.05, 3.63) is 29.8 Å². The molecule has 0 saturated heterocycles. The molecule has 6 nitrogen and oxygen atoms in total. The van der Waals surface area contributed by atoms with Gasteiger partial charge in [-0.15, -0.1) is 0 Å². The Bertz CT molecular complexity index is 535. The van der Waals surface area contributed by atoms with E-state index in [9.17, 15) is 9.59 Å². The highest BCUT2D eigenvalue weighted by Crippen LogP contribution is 2.11. The van der Waals surface area contributed by atoms with Gasteiger partial charge in [0.15, 0.2) is 0 Å². The van der Waals surface area contributed by atoms with Crippen molar-refractivity contribution in [3.8, 4) is 0 Å². The van der Waals surface area contributed by atoms with Crippen molar-refractivity contribution in [2.24, 2.45) is 0 Å². The molecule has 1 aromatic rings. The Kier molecular flexibility index (Phi) is 7.55. The van der Waals surface area contributed by atoms with Crippen LogP contribution in [0.3, 0.4) is 0 Å². The van der Waals surface area contributed by atoms with E-state index in [-0.39, 0.29) is 18.4 Å². The normalized spacial score (nSPS) is 12.2. The Morgan fingerprint density at radius 2 is 1.79 bits per heavy atom. The number of rotatable bonds is 7. The van der Waals surface area contributed by atoms with Crippen LogP contribution in [0.4, 0.5) is 10.5 Å². The molecule has 1 amide bonds. The third-order valence-corrected chi connectivity index (χ3v) is 2.98. The molecule has 0 aromatic heterocycles. The third kappa shape index (κ3) is 8.41. The Morgan fingerprint density at radius 3 is 2.33 bits per heavy atom. The summed E-state index contributed by atoms with van der Waals surface area (Å²) in [4.78, 5) is 23.1. The Hall–Kier alpha value is -2.24. The summed E-state index contributed by atoms with van der Waals surface area (Å²) in [6, 6.07) is 7.47. The fourth-order valence-corrected chi connectivity index (χ4v) is 1.95. The van der Waals surface area contributed by atoms with Crippen molar-refractivity contribution in [3.63, 3.8) is 0 Å². The SMILES string of the molecule is CCOC(=O)Cc1ccc(NC[C@@H](C)NC(=O)OC(C)(C)C)cc1. The zero-order valence-electron chi connectivity index (χ0n) is 15.1. The molecule has 0 aliphatic carbocycles. The second kappa shape index (κ2) is 9.15. The Morgan fingerprint density at radius 1 is 1.17 bits per heavy atom. The fourth-order valence-electron chi connectivity index (χ4n) is 1.95. The van der Waals surface area contributed by atoms with Crippen LogP contribution in [-0.4, -0.2) is 36.9 Å². The molecule has 1 aromatic carbocycles. The van der Waals surface area contributed by atoms with Crippen LogP contribution in [0.15, 0.2) is 24.3 Å². The molecule has 6 heteroatoms. The van der Waals surface area contributed by atoms with Gasteiger partial charge in [0, 0.05) is 18.3 Å². The van der Waals surface area contributed by atoms with E-state index in [4.69, 9.17) is 9.47 Å². The van der Waals surface area contributed by atoms with Crippen LogP contribution in [-0.2, 0) is 20.7 Å². The van der Waals surface area contributed by atoms with Crippen molar-refractivity contribution >= 4 is 17.7 Å². The summed E-state index contributed by atoms with van der Waals surface area (Å²) in [5.41, 5.74) is 1.31. The van der Waals surface area contributed by atoms with Crippen LogP contribution in [0.5, 0.6) is 0 Å². The molecular formula is C18H28N2O4. The first-order valence-corrected chi connectivity index (χ1v) is 8.17. The minimum absolute atomic E-state index is 0.0842. The highest BCUT2D eigenvalue weighted by atomic mass is 16.6. The van der Waals surface area contributed by atoms with Gasteiger partial charge in [0.2, 0.25) is 0 Å². The molecule has 0 radical (unpaired) electrons. The minimum atomic E-state index is -0.508. The van der Waals surface area contributed by atoms with E-state index in [2.05, 4.69) is 10.6 Å². The lowest BCUT2D eigenvalue weighted by molar-refractivity contribution is -0.142. The summed E-state index contributed by atoms with van der Waals surface area (Å²) >= 11 is 0. The van der Waals surface area contributed by atoms with Crippen molar-refractivity contribution < 1.29 is 19.1 Å². The molecular weight excluding hydrogens is 308 g/mol. The molecule has 0 bridgehead atoms. The van der Waals surface area contributed by atoms with Crippen LogP contribution >= 0.6 is 0 Å². The fraction of sp³-hybridized carbons (Fsp3) is 0.556. The van der Waals surface area contributed by atoms with Crippen LogP contribution in [0.1, 0.15) is 40.2 Å². The molecule has 0 spiro atoms. The average molecular weight is 336 g/mol. The quantitative estimate of drug-likeness (QED) is 0.748. The maximum Gasteiger partial charge on any atom is 0.407 e. The van der Waals surface area contributed by atoms with Crippen LogP contribution < -0.4 is 10.6 Å². The summed E-state index contributed by atoms with van der Waals surface area (Å²) < 4.78 is 10.1. The van der Waals surface area contributed by atoms with Crippen molar-refractivity contribution in [2.75, 3.05) is 18.5 Å². The Balaban J connectivity index is 2.39. The minimum Gasteiger partial charge on any atom is -0.466 e. The third-order valence-electron chi connectivity index (χ3n) is 2.98. The van der Waals surface area contributed by atoms with Gasteiger partial charge in [0.25, 0.3) is 0 Å². The standard InChI is InChI=1S/C18H28N2O4/c1-6-23-16(21)11-14-7-9-15(10-8-14)19-12-13(2)20-17(22)24-18(3,4)5/h7-10,13,19H,6,11-12H2,1-5H3,(H,20,22)/t13-/m1/s1.